The van der Waals surface area contributed by atoms with E-state index in [2.05, 4.69) is 20.6 Å². The number of sulfonamides is 1. The summed E-state index contributed by atoms with van der Waals surface area (Å²) in [6, 6.07) is 5.25. The zero-order valence-electron chi connectivity index (χ0n) is 18.4. The van der Waals surface area contributed by atoms with Crippen LogP contribution in [0.25, 0.3) is 5.65 Å². The number of fused-ring (bicyclic) bond motifs is 1. The second-order valence-corrected chi connectivity index (χ2v) is 10.5. The van der Waals surface area contributed by atoms with Crippen molar-refractivity contribution in [3.8, 4) is 0 Å². The Morgan fingerprint density at radius 2 is 1.69 bits per heavy atom. The summed E-state index contributed by atoms with van der Waals surface area (Å²) in [5.74, 6) is -0.393. The first-order valence-corrected chi connectivity index (χ1v) is 12.2. The van der Waals surface area contributed by atoms with E-state index in [4.69, 9.17) is 11.6 Å². The SMILES string of the molecule is Cc1cc(C)c(C)c(S(=O)(=O)N2CCC(C(=O)Nc3nnc4ccc(Cl)nn34)CC2)c1C. The first-order chi connectivity index (χ1) is 15.1. The fourth-order valence-corrected chi connectivity index (χ4v) is 6.30. The molecule has 4 rings (SSSR count). The van der Waals surface area contributed by atoms with E-state index >= 15 is 0 Å². The molecule has 0 saturated carbocycles. The number of halogens is 1. The van der Waals surface area contributed by atoms with Crippen LogP contribution in [-0.4, -0.2) is 51.5 Å². The fraction of sp³-hybridized carbons (Fsp3) is 0.429. The summed E-state index contributed by atoms with van der Waals surface area (Å²) in [5.41, 5.74) is 3.92. The number of rotatable bonds is 4. The van der Waals surface area contributed by atoms with Crippen LogP contribution in [0.1, 0.15) is 35.1 Å². The maximum atomic E-state index is 13.4. The Labute approximate surface area is 191 Å². The largest absolute Gasteiger partial charge is 0.293 e. The summed E-state index contributed by atoms with van der Waals surface area (Å²) in [7, 11) is -3.65. The van der Waals surface area contributed by atoms with Gasteiger partial charge in [0.25, 0.3) is 5.95 Å². The number of aromatic nitrogens is 4. The van der Waals surface area contributed by atoms with Crippen molar-refractivity contribution in [2.75, 3.05) is 18.4 Å². The lowest BCUT2D eigenvalue weighted by atomic mass is 9.97. The summed E-state index contributed by atoms with van der Waals surface area (Å²) in [6.45, 7) is 8.09. The van der Waals surface area contributed by atoms with Crippen LogP contribution < -0.4 is 5.32 Å². The van der Waals surface area contributed by atoms with Crippen molar-refractivity contribution in [2.45, 2.75) is 45.4 Å². The number of anilines is 1. The highest BCUT2D eigenvalue weighted by Crippen LogP contribution is 2.31. The van der Waals surface area contributed by atoms with Gasteiger partial charge in [0.2, 0.25) is 15.9 Å². The van der Waals surface area contributed by atoms with Gasteiger partial charge in [-0.05, 0) is 74.9 Å². The van der Waals surface area contributed by atoms with Gasteiger partial charge < -0.3 is 0 Å². The van der Waals surface area contributed by atoms with Crippen molar-refractivity contribution in [1.82, 2.24) is 24.1 Å². The minimum absolute atomic E-state index is 0.184. The first kappa shape index (κ1) is 22.6. The monoisotopic (exact) mass is 476 g/mol. The van der Waals surface area contributed by atoms with Crippen LogP contribution in [0.5, 0.6) is 0 Å². The number of hydrogen-bond acceptors (Lipinski definition) is 6. The molecule has 3 heterocycles. The lowest BCUT2D eigenvalue weighted by Gasteiger charge is -2.31. The van der Waals surface area contributed by atoms with Crippen LogP contribution in [0.4, 0.5) is 5.95 Å². The van der Waals surface area contributed by atoms with E-state index in [1.807, 2.05) is 33.8 Å². The van der Waals surface area contributed by atoms with Crippen LogP contribution in [0.2, 0.25) is 5.15 Å². The minimum Gasteiger partial charge on any atom is -0.293 e. The number of nitrogens with one attached hydrogen (secondary N) is 1. The number of amides is 1. The van der Waals surface area contributed by atoms with Gasteiger partial charge in [-0.2, -0.15) is 13.9 Å². The van der Waals surface area contributed by atoms with Crippen molar-refractivity contribution in [3.63, 3.8) is 0 Å². The van der Waals surface area contributed by atoms with Gasteiger partial charge in [-0.1, -0.05) is 17.7 Å². The number of aryl methyl sites for hydroxylation is 2. The number of nitrogens with zero attached hydrogens (tertiary/aromatic N) is 5. The molecule has 1 amide bonds. The molecule has 0 radical (unpaired) electrons. The number of piperidine rings is 1. The third kappa shape index (κ3) is 3.98. The van der Waals surface area contributed by atoms with E-state index in [1.54, 1.807) is 12.1 Å². The normalized spacial score (nSPS) is 15.9. The average molecular weight is 477 g/mol. The molecule has 1 saturated heterocycles. The Balaban J connectivity index is 1.48. The molecule has 1 aromatic carbocycles. The maximum Gasteiger partial charge on any atom is 0.252 e. The highest BCUT2D eigenvalue weighted by Gasteiger charge is 2.34. The van der Waals surface area contributed by atoms with Crippen LogP contribution in [-0.2, 0) is 14.8 Å². The molecule has 0 atom stereocenters. The summed E-state index contributed by atoms with van der Waals surface area (Å²) in [5, 5.41) is 15.0. The summed E-state index contributed by atoms with van der Waals surface area (Å²) in [6.07, 6.45) is 0.831. The summed E-state index contributed by atoms with van der Waals surface area (Å²) in [4.78, 5) is 13.2. The van der Waals surface area contributed by atoms with Crippen LogP contribution in [0, 0.1) is 33.6 Å². The molecule has 1 N–H and O–H groups in total. The predicted octanol–water partition coefficient (Wildman–Crippen LogP) is 3.05. The molecule has 170 valence electrons. The van der Waals surface area contributed by atoms with E-state index in [-0.39, 0.29) is 36.0 Å². The Hall–Kier alpha value is -2.56. The lowest BCUT2D eigenvalue weighted by Crippen LogP contribution is -2.42. The number of carbonyl (C=O) groups is 1. The molecular weight excluding hydrogens is 452 g/mol. The molecule has 11 heteroatoms. The maximum absolute atomic E-state index is 13.4. The second-order valence-electron chi connectivity index (χ2n) is 8.21. The molecule has 3 aromatic rings. The zero-order valence-corrected chi connectivity index (χ0v) is 20.0. The number of benzene rings is 1. The molecule has 0 bridgehead atoms. The first-order valence-electron chi connectivity index (χ1n) is 10.4. The van der Waals surface area contributed by atoms with Crippen molar-refractivity contribution >= 4 is 39.1 Å². The van der Waals surface area contributed by atoms with E-state index in [1.165, 1.54) is 8.82 Å². The number of hydrogen-bond donors (Lipinski definition) is 1. The zero-order chi connectivity index (χ0) is 23.2. The van der Waals surface area contributed by atoms with Crippen molar-refractivity contribution in [3.05, 3.63) is 45.6 Å². The predicted molar refractivity (Wildman–Crippen MR) is 121 cm³/mol. The minimum atomic E-state index is -3.65. The van der Waals surface area contributed by atoms with Gasteiger partial charge in [-0.25, -0.2) is 8.42 Å². The van der Waals surface area contributed by atoms with Gasteiger partial charge in [0, 0.05) is 19.0 Å². The van der Waals surface area contributed by atoms with Crippen LogP contribution in [0.15, 0.2) is 23.1 Å². The standard InChI is InChI=1S/C21H25ClN6O3S/c1-12-11-13(2)15(4)19(14(12)3)32(30,31)27-9-7-16(8-10-27)20(29)23-21-25-24-18-6-5-17(22)26-28(18)21/h5-6,11,16H,7-10H2,1-4H3,(H,23,25,29). The Morgan fingerprint density at radius 3 is 2.31 bits per heavy atom. The van der Waals surface area contributed by atoms with E-state index in [9.17, 15) is 13.2 Å². The van der Waals surface area contributed by atoms with Crippen LogP contribution in [0.3, 0.4) is 0 Å². The molecule has 32 heavy (non-hydrogen) atoms. The van der Waals surface area contributed by atoms with Gasteiger partial charge in [0.15, 0.2) is 5.65 Å². The topological polar surface area (TPSA) is 110 Å². The molecule has 1 aliphatic heterocycles. The fourth-order valence-electron chi connectivity index (χ4n) is 4.11. The Morgan fingerprint density at radius 1 is 1.06 bits per heavy atom. The summed E-state index contributed by atoms with van der Waals surface area (Å²) < 4.78 is 29.7. The molecular formula is C21H25ClN6O3S. The molecule has 1 aliphatic rings. The Kier molecular flexibility index (Phi) is 5.95. The smallest absolute Gasteiger partial charge is 0.252 e. The third-order valence-electron chi connectivity index (χ3n) is 6.19. The third-order valence-corrected chi connectivity index (χ3v) is 8.56. The highest BCUT2D eigenvalue weighted by molar-refractivity contribution is 7.89. The van der Waals surface area contributed by atoms with Gasteiger partial charge in [-0.15, -0.1) is 10.2 Å². The molecule has 1 fully saturated rings. The summed E-state index contributed by atoms with van der Waals surface area (Å²) >= 11 is 5.92. The van der Waals surface area contributed by atoms with Crippen LogP contribution >= 0.6 is 11.6 Å². The van der Waals surface area contributed by atoms with E-state index in [0.717, 1.165) is 22.3 Å². The average Bonchev–Trinajstić information content (AvgIpc) is 3.14. The van der Waals surface area contributed by atoms with E-state index < -0.39 is 10.0 Å². The van der Waals surface area contributed by atoms with Gasteiger partial charge in [0.05, 0.1) is 4.90 Å². The molecule has 2 aromatic heterocycles. The van der Waals surface area contributed by atoms with Crippen molar-refractivity contribution in [1.29, 1.82) is 0 Å². The Bertz CT molecular complexity index is 1290. The lowest BCUT2D eigenvalue weighted by molar-refractivity contribution is -0.121. The quantitative estimate of drug-likeness (QED) is 0.619. The highest BCUT2D eigenvalue weighted by atomic mass is 35.5. The van der Waals surface area contributed by atoms with Crippen molar-refractivity contribution < 1.29 is 13.2 Å². The number of carbonyl (C=O) groups excluding carboxylic acids is 1. The van der Waals surface area contributed by atoms with Gasteiger partial charge in [0.1, 0.15) is 5.15 Å². The van der Waals surface area contributed by atoms with E-state index in [0.29, 0.717) is 23.4 Å². The second kappa shape index (κ2) is 8.42. The van der Waals surface area contributed by atoms with Gasteiger partial charge >= 0.3 is 0 Å². The van der Waals surface area contributed by atoms with Crippen molar-refractivity contribution in [2.24, 2.45) is 5.92 Å². The molecule has 0 aliphatic carbocycles. The molecule has 0 spiro atoms. The molecule has 9 nitrogen and oxygen atoms in total. The van der Waals surface area contributed by atoms with Gasteiger partial charge in [-0.3, -0.25) is 10.1 Å². The molecule has 0 unspecified atom stereocenters.